The van der Waals surface area contributed by atoms with Crippen molar-refractivity contribution in [1.29, 1.82) is 0 Å². The molecule has 0 spiro atoms. The quantitative estimate of drug-likeness (QED) is 0.280. The van der Waals surface area contributed by atoms with Crippen LogP contribution >= 0.6 is 0 Å². The summed E-state index contributed by atoms with van der Waals surface area (Å²) in [5, 5.41) is 2.75. The van der Waals surface area contributed by atoms with E-state index in [1.54, 1.807) is 54.6 Å². The van der Waals surface area contributed by atoms with E-state index >= 15 is 0 Å². The van der Waals surface area contributed by atoms with Crippen LogP contribution in [0.5, 0.6) is 11.5 Å². The fraction of sp³-hybridized carbons (Fsp3) is 0.0769. The Labute approximate surface area is 202 Å². The molecule has 0 unspecified atom stereocenters. The third-order valence-electron chi connectivity index (χ3n) is 5.05. The van der Waals surface area contributed by atoms with E-state index in [0.29, 0.717) is 17.0 Å². The van der Waals surface area contributed by atoms with Gasteiger partial charge in [-0.2, -0.15) is 0 Å². The molecule has 0 saturated heterocycles. The zero-order valence-electron chi connectivity index (χ0n) is 18.6. The van der Waals surface area contributed by atoms with Gasteiger partial charge in [0.15, 0.2) is 9.84 Å². The summed E-state index contributed by atoms with van der Waals surface area (Å²) >= 11 is 0. The lowest BCUT2D eigenvalue weighted by molar-refractivity contribution is 0.0700. The number of rotatable bonds is 8. The molecule has 8 nitrogen and oxygen atoms in total. The lowest BCUT2D eigenvalue weighted by Crippen LogP contribution is -2.14. The van der Waals surface area contributed by atoms with Crippen molar-refractivity contribution < 1.29 is 31.9 Å². The molecule has 178 valence electrons. The molecule has 0 saturated carbocycles. The van der Waals surface area contributed by atoms with Crippen LogP contribution in [-0.2, 0) is 15.6 Å². The monoisotopic (exact) mass is 491 g/mol. The number of methoxy groups -OCH3 is 1. The third-order valence-corrected chi connectivity index (χ3v) is 6.74. The number of carbonyl (C=O) groups is 2. The number of hydrogen-bond donors (Lipinski definition) is 1. The van der Waals surface area contributed by atoms with Gasteiger partial charge in [-0.15, -0.1) is 0 Å². The average Bonchev–Trinajstić information content (AvgIpc) is 3.33. The number of sulfone groups is 1. The van der Waals surface area contributed by atoms with E-state index in [9.17, 15) is 18.0 Å². The standard InChI is InChI=1S/C26H21NO7S/c1-32-23-10-6-5-9-22(23)25(28)27-19-11-13-20(14-12-19)34-26(29)24-18(15-16-33-24)17-35(30,31)21-7-3-2-4-8-21/h2-16H,17H2,1H3,(H,27,28). The molecule has 3 aromatic carbocycles. The van der Waals surface area contributed by atoms with E-state index in [2.05, 4.69) is 5.32 Å². The van der Waals surface area contributed by atoms with Crippen LogP contribution < -0.4 is 14.8 Å². The summed E-state index contributed by atoms with van der Waals surface area (Å²) in [7, 11) is -2.19. The number of para-hydroxylation sites is 1. The molecular weight excluding hydrogens is 470 g/mol. The molecule has 1 heterocycles. The number of ether oxygens (including phenoxy) is 2. The van der Waals surface area contributed by atoms with Crippen molar-refractivity contribution in [1.82, 2.24) is 0 Å². The molecule has 9 heteroatoms. The summed E-state index contributed by atoms with van der Waals surface area (Å²) < 4.78 is 41.1. The number of amides is 1. The van der Waals surface area contributed by atoms with Gasteiger partial charge in [-0.25, -0.2) is 13.2 Å². The minimum atomic E-state index is -3.67. The van der Waals surface area contributed by atoms with E-state index in [0.717, 1.165) is 0 Å². The Morgan fingerprint density at radius 1 is 0.886 bits per heavy atom. The Hall–Kier alpha value is -4.37. The van der Waals surface area contributed by atoms with Gasteiger partial charge in [0, 0.05) is 11.3 Å². The number of benzene rings is 3. The first-order valence-corrected chi connectivity index (χ1v) is 12.1. The summed E-state index contributed by atoms with van der Waals surface area (Å²) in [5.74, 6) is -1.16. The van der Waals surface area contributed by atoms with Crippen LogP contribution in [-0.4, -0.2) is 27.4 Å². The third kappa shape index (κ3) is 5.59. The van der Waals surface area contributed by atoms with E-state index in [1.807, 2.05) is 0 Å². The van der Waals surface area contributed by atoms with Crippen LogP contribution in [0.1, 0.15) is 26.5 Å². The summed E-state index contributed by atoms with van der Waals surface area (Å²) in [6.07, 6.45) is 1.24. The van der Waals surface area contributed by atoms with Crippen LogP contribution in [0, 0.1) is 0 Å². The summed E-state index contributed by atoms with van der Waals surface area (Å²) in [4.78, 5) is 25.3. The number of anilines is 1. The van der Waals surface area contributed by atoms with Gasteiger partial charge in [0.05, 0.1) is 29.6 Å². The summed E-state index contributed by atoms with van der Waals surface area (Å²) in [6, 6.07) is 22.3. The van der Waals surface area contributed by atoms with Crippen molar-refractivity contribution in [3.8, 4) is 11.5 Å². The largest absolute Gasteiger partial charge is 0.496 e. The predicted molar refractivity (Wildman–Crippen MR) is 128 cm³/mol. The molecule has 1 amide bonds. The molecule has 1 aromatic heterocycles. The van der Waals surface area contributed by atoms with Gasteiger partial charge in [0.2, 0.25) is 5.76 Å². The molecular formula is C26H21NO7S. The smallest absolute Gasteiger partial charge is 0.379 e. The molecule has 0 fully saturated rings. The maximum atomic E-state index is 12.7. The Bertz CT molecular complexity index is 1440. The highest BCUT2D eigenvalue weighted by Gasteiger charge is 2.24. The Morgan fingerprint density at radius 3 is 2.29 bits per heavy atom. The number of nitrogens with one attached hydrogen (secondary N) is 1. The van der Waals surface area contributed by atoms with Crippen molar-refractivity contribution in [2.75, 3.05) is 12.4 Å². The lowest BCUT2D eigenvalue weighted by atomic mass is 10.2. The zero-order chi connectivity index (χ0) is 24.8. The number of furan rings is 1. The molecule has 0 radical (unpaired) electrons. The molecule has 4 aromatic rings. The number of esters is 1. The van der Waals surface area contributed by atoms with Gasteiger partial charge in [0.1, 0.15) is 11.5 Å². The highest BCUT2D eigenvalue weighted by molar-refractivity contribution is 7.90. The maximum absolute atomic E-state index is 12.7. The van der Waals surface area contributed by atoms with Gasteiger partial charge in [-0.05, 0) is 54.6 Å². The maximum Gasteiger partial charge on any atom is 0.379 e. The van der Waals surface area contributed by atoms with Crippen LogP contribution in [0.25, 0.3) is 0 Å². The van der Waals surface area contributed by atoms with Crippen molar-refractivity contribution in [2.24, 2.45) is 0 Å². The highest BCUT2D eigenvalue weighted by Crippen LogP contribution is 2.24. The van der Waals surface area contributed by atoms with Gasteiger partial charge in [-0.3, -0.25) is 4.79 Å². The van der Waals surface area contributed by atoms with Crippen LogP contribution in [0.3, 0.4) is 0 Å². The zero-order valence-corrected chi connectivity index (χ0v) is 19.4. The van der Waals surface area contributed by atoms with E-state index < -0.39 is 21.6 Å². The van der Waals surface area contributed by atoms with Crippen LogP contribution in [0.2, 0.25) is 0 Å². The first kappa shape index (κ1) is 23.8. The molecule has 0 bridgehead atoms. The SMILES string of the molecule is COc1ccccc1C(=O)Nc1ccc(OC(=O)c2occc2CS(=O)(=O)c2ccccc2)cc1. The minimum absolute atomic E-state index is 0.145. The Kier molecular flexibility index (Phi) is 6.98. The van der Waals surface area contributed by atoms with Gasteiger partial charge in [-0.1, -0.05) is 30.3 Å². The van der Waals surface area contributed by atoms with Crippen LogP contribution in [0.15, 0.2) is 101 Å². The molecule has 0 aliphatic rings. The normalized spacial score (nSPS) is 11.0. The summed E-state index contributed by atoms with van der Waals surface area (Å²) in [6.45, 7) is 0. The Balaban J connectivity index is 1.42. The lowest BCUT2D eigenvalue weighted by Gasteiger charge is -2.10. The molecule has 0 atom stereocenters. The van der Waals surface area contributed by atoms with Crippen LogP contribution in [0.4, 0.5) is 5.69 Å². The molecule has 0 aliphatic carbocycles. The molecule has 0 aliphatic heterocycles. The predicted octanol–water partition coefficient (Wildman–Crippen LogP) is 4.73. The minimum Gasteiger partial charge on any atom is -0.496 e. The highest BCUT2D eigenvalue weighted by atomic mass is 32.2. The van der Waals surface area contributed by atoms with Gasteiger partial charge in [0.25, 0.3) is 5.91 Å². The second-order valence-electron chi connectivity index (χ2n) is 7.42. The first-order chi connectivity index (χ1) is 16.9. The van der Waals surface area contributed by atoms with Gasteiger partial charge >= 0.3 is 5.97 Å². The van der Waals surface area contributed by atoms with E-state index in [-0.39, 0.29) is 27.9 Å². The molecule has 4 rings (SSSR count). The fourth-order valence-electron chi connectivity index (χ4n) is 3.33. The van der Waals surface area contributed by atoms with Crippen molar-refractivity contribution in [3.05, 3.63) is 108 Å². The Morgan fingerprint density at radius 2 is 1.57 bits per heavy atom. The van der Waals surface area contributed by atoms with Gasteiger partial charge < -0.3 is 19.2 Å². The first-order valence-electron chi connectivity index (χ1n) is 10.5. The number of carbonyl (C=O) groups excluding carboxylic acids is 2. The summed E-state index contributed by atoms with van der Waals surface area (Å²) in [5.41, 5.74) is 1.05. The second-order valence-corrected chi connectivity index (χ2v) is 9.40. The second kappa shape index (κ2) is 10.3. The number of hydrogen-bond acceptors (Lipinski definition) is 7. The fourth-order valence-corrected chi connectivity index (χ4v) is 4.71. The van der Waals surface area contributed by atoms with E-state index in [1.165, 1.54) is 43.7 Å². The average molecular weight is 492 g/mol. The van der Waals surface area contributed by atoms with Crippen molar-refractivity contribution in [3.63, 3.8) is 0 Å². The van der Waals surface area contributed by atoms with Crippen molar-refractivity contribution >= 4 is 27.4 Å². The molecule has 1 N–H and O–H groups in total. The van der Waals surface area contributed by atoms with E-state index in [4.69, 9.17) is 13.9 Å². The van der Waals surface area contributed by atoms with Crippen molar-refractivity contribution in [2.45, 2.75) is 10.6 Å². The molecule has 35 heavy (non-hydrogen) atoms. The topological polar surface area (TPSA) is 112 Å².